The van der Waals surface area contributed by atoms with Gasteiger partial charge in [0.2, 0.25) is 0 Å². The fourth-order valence-electron chi connectivity index (χ4n) is 3.59. The van der Waals surface area contributed by atoms with E-state index in [1.54, 1.807) is 30.3 Å². The lowest BCUT2D eigenvalue weighted by Gasteiger charge is -2.15. The monoisotopic (exact) mass is 607 g/mol. The van der Waals surface area contributed by atoms with E-state index in [9.17, 15) is 4.79 Å². The molecule has 0 aliphatic heterocycles. The normalized spacial score (nSPS) is 11.4. The zero-order valence-corrected chi connectivity index (χ0v) is 23.2. The Balaban J connectivity index is 1.77. The van der Waals surface area contributed by atoms with Crippen LogP contribution in [0.5, 0.6) is 11.5 Å². The largest absolute Gasteiger partial charge is 0.493 e. The molecule has 0 aliphatic carbocycles. The second kappa shape index (κ2) is 11.6. The van der Waals surface area contributed by atoms with Crippen molar-refractivity contribution in [3.05, 3.63) is 95.4 Å². The summed E-state index contributed by atoms with van der Waals surface area (Å²) in [6.45, 7) is 2.21. The van der Waals surface area contributed by atoms with Crippen LogP contribution in [0.3, 0.4) is 0 Å². The molecule has 4 rings (SSSR count). The molecule has 10 heteroatoms. The Morgan fingerprint density at radius 2 is 1.89 bits per heavy atom. The third-order valence-electron chi connectivity index (χ3n) is 5.30. The molecule has 36 heavy (non-hydrogen) atoms. The van der Waals surface area contributed by atoms with Crippen molar-refractivity contribution in [3.63, 3.8) is 0 Å². The van der Waals surface area contributed by atoms with Crippen LogP contribution in [0.2, 0.25) is 15.1 Å². The number of hydrogen-bond donors (Lipinski definition) is 0. The molecule has 1 aromatic heterocycles. The smallest absolute Gasteiger partial charge is 0.282 e. The fraction of sp³-hybridized carbons (Fsp3) is 0.192. The van der Waals surface area contributed by atoms with Gasteiger partial charge in [-0.3, -0.25) is 4.79 Å². The maximum atomic E-state index is 13.3. The fourth-order valence-corrected chi connectivity index (χ4v) is 4.49. The first-order valence-electron chi connectivity index (χ1n) is 11.0. The quantitative estimate of drug-likeness (QED) is 0.194. The Kier molecular flexibility index (Phi) is 8.57. The van der Waals surface area contributed by atoms with Gasteiger partial charge in [-0.25, -0.2) is 4.98 Å². The van der Waals surface area contributed by atoms with Crippen LogP contribution in [0.25, 0.3) is 10.9 Å². The van der Waals surface area contributed by atoms with Gasteiger partial charge in [0.05, 0.1) is 34.3 Å². The molecule has 0 fully saturated rings. The zero-order chi connectivity index (χ0) is 25.8. The van der Waals surface area contributed by atoms with Gasteiger partial charge in [-0.1, -0.05) is 63.7 Å². The summed E-state index contributed by atoms with van der Waals surface area (Å²) in [5.74, 6) is 1.39. The van der Waals surface area contributed by atoms with Gasteiger partial charge in [0.15, 0.2) is 11.5 Å². The van der Waals surface area contributed by atoms with Crippen molar-refractivity contribution in [3.8, 4) is 11.5 Å². The predicted octanol–water partition coefficient (Wildman–Crippen LogP) is 7.54. The van der Waals surface area contributed by atoms with E-state index < -0.39 is 0 Å². The van der Waals surface area contributed by atoms with E-state index in [1.807, 2.05) is 25.1 Å². The van der Waals surface area contributed by atoms with E-state index in [2.05, 4.69) is 26.0 Å². The minimum Gasteiger partial charge on any atom is -0.493 e. The van der Waals surface area contributed by atoms with Crippen molar-refractivity contribution in [2.75, 3.05) is 7.11 Å². The third kappa shape index (κ3) is 5.86. The van der Waals surface area contributed by atoms with Crippen LogP contribution in [-0.2, 0) is 13.0 Å². The lowest BCUT2D eigenvalue weighted by Crippen LogP contribution is -2.22. The second-order valence-electron chi connectivity index (χ2n) is 7.86. The maximum Gasteiger partial charge on any atom is 0.282 e. The summed E-state index contributed by atoms with van der Waals surface area (Å²) in [7, 11) is 1.52. The number of ether oxygens (including phenoxy) is 2. The topological polar surface area (TPSA) is 65.7 Å². The molecule has 0 saturated carbocycles. The van der Waals surface area contributed by atoms with E-state index in [0.29, 0.717) is 55.3 Å². The standard InChI is InChI=1S/C26H21BrCl3N3O3/c1-3-4-24-32-22-8-6-17(27)11-19(22)26(34)33(24)31-13-16-10-18(28)12-23(35-2)25(16)36-14-15-5-7-20(29)21(30)9-15/h5-13H,3-4,14H2,1-2H3. The lowest BCUT2D eigenvalue weighted by molar-refractivity contribution is 0.284. The summed E-state index contributed by atoms with van der Waals surface area (Å²) in [6, 6.07) is 14.0. The van der Waals surface area contributed by atoms with Gasteiger partial charge < -0.3 is 9.47 Å². The van der Waals surface area contributed by atoms with Crippen LogP contribution < -0.4 is 15.0 Å². The van der Waals surface area contributed by atoms with Gasteiger partial charge in [-0.15, -0.1) is 0 Å². The molecule has 0 bridgehead atoms. The van der Waals surface area contributed by atoms with E-state index in [0.717, 1.165) is 16.5 Å². The molecule has 0 spiro atoms. The first-order valence-corrected chi connectivity index (χ1v) is 12.9. The Labute approximate surface area is 231 Å². The van der Waals surface area contributed by atoms with Gasteiger partial charge in [0, 0.05) is 27.5 Å². The van der Waals surface area contributed by atoms with E-state index >= 15 is 0 Å². The number of halogens is 4. The molecule has 6 nitrogen and oxygen atoms in total. The Bertz CT molecular complexity index is 1520. The van der Waals surface area contributed by atoms with Crippen LogP contribution >= 0.6 is 50.7 Å². The molecule has 0 N–H and O–H groups in total. The van der Waals surface area contributed by atoms with Crippen LogP contribution in [0.1, 0.15) is 30.3 Å². The molecule has 3 aromatic carbocycles. The Hall–Kier alpha value is -2.58. The number of rotatable bonds is 8. The minimum atomic E-state index is -0.270. The van der Waals surface area contributed by atoms with Gasteiger partial charge in [-0.05, 0) is 48.4 Å². The van der Waals surface area contributed by atoms with Crippen molar-refractivity contribution in [1.82, 2.24) is 9.66 Å². The lowest BCUT2D eigenvalue weighted by atomic mass is 10.2. The molecule has 0 amide bonds. The molecular weight excluding hydrogens is 589 g/mol. The van der Waals surface area contributed by atoms with Crippen LogP contribution in [0, 0.1) is 0 Å². The highest BCUT2D eigenvalue weighted by molar-refractivity contribution is 9.10. The van der Waals surface area contributed by atoms with Crippen molar-refractivity contribution in [2.45, 2.75) is 26.4 Å². The summed E-state index contributed by atoms with van der Waals surface area (Å²) < 4.78 is 13.7. The molecule has 186 valence electrons. The van der Waals surface area contributed by atoms with Gasteiger partial charge >= 0.3 is 0 Å². The van der Waals surface area contributed by atoms with Gasteiger partial charge in [-0.2, -0.15) is 9.78 Å². The van der Waals surface area contributed by atoms with Gasteiger partial charge in [0.1, 0.15) is 12.4 Å². The molecule has 0 saturated heterocycles. The first kappa shape index (κ1) is 26.5. The Morgan fingerprint density at radius 3 is 2.61 bits per heavy atom. The maximum absolute atomic E-state index is 13.3. The predicted molar refractivity (Wildman–Crippen MR) is 149 cm³/mol. The number of nitrogens with zero attached hydrogens (tertiary/aromatic N) is 3. The number of aromatic nitrogens is 2. The number of hydrogen-bond acceptors (Lipinski definition) is 5. The SMILES string of the molecule is CCCc1nc2ccc(Br)cc2c(=O)n1N=Cc1cc(Cl)cc(OC)c1OCc1ccc(Cl)c(Cl)c1. The molecular formula is C26H21BrCl3N3O3. The van der Waals surface area contributed by atoms with E-state index in [4.69, 9.17) is 44.3 Å². The zero-order valence-electron chi connectivity index (χ0n) is 19.4. The van der Waals surface area contributed by atoms with Crippen molar-refractivity contribution < 1.29 is 9.47 Å². The minimum absolute atomic E-state index is 0.197. The van der Waals surface area contributed by atoms with Gasteiger partial charge in [0.25, 0.3) is 5.56 Å². The second-order valence-corrected chi connectivity index (χ2v) is 10.0. The highest BCUT2D eigenvalue weighted by Crippen LogP contribution is 2.35. The van der Waals surface area contributed by atoms with Crippen LogP contribution in [0.4, 0.5) is 0 Å². The summed E-state index contributed by atoms with van der Waals surface area (Å²) in [6.07, 6.45) is 2.90. The first-order chi connectivity index (χ1) is 17.3. The number of fused-ring (bicyclic) bond motifs is 1. The summed E-state index contributed by atoms with van der Waals surface area (Å²) in [4.78, 5) is 18.0. The van der Waals surface area contributed by atoms with Crippen molar-refractivity contribution in [2.24, 2.45) is 5.10 Å². The number of benzene rings is 3. The number of methoxy groups -OCH3 is 1. The molecule has 0 unspecified atom stereocenters. The molecule has 0 radical (unpaired) electrons. The highest BCUT2D eigenvalue weighted by Gasteiger charge is 2.15. The average Bonchev–Trinajstić information content (AvgIpc) is 2.85. The molecule has 0 atom stereocenters. The van der Waals surface area contributed by atoms with Crippen molar-refractivity contribution in [1.29, 1.82) is 0 Å². The average molecular weight is 610 g/mol. The summed E-state index contributed by atoms with van der Waals surface area (Å²) >= 11 is 21.9. The summed E-state index contributed by atoms with van der Waals surface area (Å²) in [5.41, 5.74) is 1.69. The third-order valence-corrected chi connectivity index (χ3v) is 6.75. The van der Waals surface area contributed by atoms with Crippen LogP contribution in [0.15, 0.2) is 62.9 Å². The molecule has 0 aliphatic rings. The van der Waals surface area contributed by atoms with Crippen LogP contribution in [-0.4, -0.2) is 23.0 Å². The van der Waals surface area contributed by atoms with Crippen molar-refractivity contribution >= 4 is 67.9 Å². The van der Waals surface area contributed by atoms with E-state index in [1.165, 1.54) is 18.0 Å². The summed E-state index contributed by atoms with van der Waals surface area (Å²) in [5, 5.41) is 6.28. The van der Waals surface area contributed by atoms with E-state index in [-0.39, 0.29) is 12.2 Å². The molecule has 1 heterocycles. The Morgan fingerprint density at radius 1 is 1.08 bits per heavy atom. The highest BCUT2D eigenvalue weighted by atomic mass is 79.9. The molecule has 4 aromatic rings. The number of aryl methyl sites for hydroxylation is 1.